The minimum absolute atomic E-state index is 0.0131. The number of nitrogens with one attached hydrogen (secondary N) is 1. The molecule has 1 unspecified atom stereocenters. The molecular weight excluding hydrogens is 523 g/mol. The first kappa shape index (κ1) is 37.1. The number of aryl methyl sites for hydroxylation is 2. The van der Waals surface area contributed by atoms with Gasteiger partial charge in [-0.25, -0.2) is 4.79 Å². The molecule has 0 spiro atoms. The van der Waals surface area contributed by atoms with Gasteiger partial charge in [-0.2, -0.15) is 13.2 Å². The second-order valence-corrected chi connectivity index (χ2v) is 8.97. The van der Waals surface area contributed by atoms with Crippen LogP contribution in [-0.4, -0.2) is 37.7 Å². The molecule has 7 nitrogen and oxygen atoms in total. The second-order valence-electron chi connectivity index (χ2n) is 7.60. The number of allylic oxidation sites excluding steroid dienone is 1. The van der Waals surface area contributed by atoms with Crippen LogP contribution >= 0.6 is 11.3 Å². The zero-order valence-corrected chi connectivity index (χ0v) is 23.9. The quantitative estimate of drug-likeness (QED) is 0.239. The maximum atomic E-state index is 11.8. The topological polar surface area (TPSA) is 106 Å². The highest BCUT2D eigenvalue weighted by molar-refractivity contribution is 7.11. The molecule has 0 bridgehead atoms. The summed E-state index contributed by atoms with van der Waals surface area (Å²) in [6, 6.07) is 4.97. The molecule has 0 aromatic carbocycles. The minimum atomic E-state index is -4.03. The molecule has 0 aliphatic heterocycles. The van der Waals surface area contributed by atoms with Gasteiger partial charge in [-0.15, -0.1) is 11.3 Å². The molecule has 0 aliphatic rings. The summed E-state index contributed by atoms with van der Waals surface area (Å²) in [7, 11) is 3.13. The average molecular weight is 564 g/mol. The summed E-state index contributed by atoms with van der Waals surface area (Å²) in [5.74, 6) is -0.313. The van der Waals surface area contributed by atoms with Crippen LogP contribution in [0.2, 0.25) is 0 Å². The summed E-state index contributed by atoms with van der Waals surface area (Å²) in [5.41, 5.74) is -1.01. The van der Waals surface area contributed by atoms with E-state index in [9.17, 15) is 27.9 Å². The number of hydrogen-bond donors (Lipinski definition) is 2. The van der Waals surface area contributed by atoms with Crippen LogP contribution in [0.15, 0.2) is 39.7 Å². The number of halogens is 3. The number of ether oxygens (including phenoxy) is 1. The maximum absolute atomic E-state index is 11.8. The Labute approximate surface area is 226 Å². The molecule has 2 N–H and O–H groups in total. The number of aromatic hydroxyl groups is 1. The van der Waals surface area contributed by atoms with Crippen molar-refractivity contribution in [2.45, 2.75) is 78.8 Å². The average Bonchev–Trinajstić information content (AvgIpc) is 3.31. The zero-order chi connectivity index (χ0) is 29.7. The first-order valence-electron chi connectivity index (χ1n) is 12.2. The summed E-state index contributed by atoms with van der Waals surface area (Å²) in [5, 5.41) is 12.7. The van der Waals surface area contributed by atoms with Crippen LogP contribution in [0.1, 0.15) is 85.2 Å². The van der Waals surface area contributed by atoms with Gasteiger partial charge in [0.15, 0.2) is 5.78 Å². The minimum Gasteiger partial charge on any atom is -0.507 e. The molecule has 216 valence electrons. The fourth-order valence-corrected chi connectivity index (χ4v) is 3.64. The molecule has 0 fully saturated rings. The van der Waals surface area contributed by atoms with Gasteiger partial charge in [0.05, 0.1) is 7.11 Å². The number of hydrogen-bond acceptors (Lipinski definition) is 8. The third-order valence-corrected chi connectivity index (χ3v) is 5.69. The van der Waals surface area contributed by atoms with Crippen molar-refractivity contribution in [3.63, 3.8) is 0 Å². The van der Waals surface area contributed by atoms with Crippen molar-refractivity contribution >= 4 is 23.6 Å². The Morgan fingerprint density at radius 1 is 1.29 bits per heavy atom. The summed E-state index contributed by atoms with van der Waals surface area (Å²) < 4.78 is 44.3. The van der Waals surface area contributed by atoms with Gasteiger partial charge in [-0.3, -0.25) is 9.59 Å². The van der Waals surface area contributed by atoms with Crippen molar-refractivity contribution in [3.05, 3.63) is 62.0 Å². The van der Waals surface area contributed by atoms with Crippen LogP contribution in [0.3, 0.4) is 0 Å². The maximum Gasteiger partial charge on any atom is 0.389 e. The van der Waals surface area contributed by atoms with Gasteiger partial charge in [0.2, 0.25) is 0 Å². The molecule has 11 heteroatoms. The van der Waals surface area contributed by atoms with Gasteiger partial charge < -0.3 is 19.6 Å². The van der Waals surface area contributed by atoms with E-state index in [1.54, 1.807) is 13.0 Å². The number of methoxy groups -OCH3 is 1. The third kappa shape index (κ3) is 16.6. The van der Waals surface area contributed by atoms with Crippen molar-refractivity contribution in [2.75, 3.05) is 14.2 Å². The fourth-order valence-electron chi connectivity index (χ4n) is 2.75. The van der Waals surface area contributed by atoms with Gasteiger partial charge in [0, 0.05) is 41.6 Å². The van der Waals surface area contributed by atoms with Crippen LogP contribution in [0.5, 0.6) is 5.75 Å². The number of carbonyl (C=O) groups is 2. The van der Waals surface area contributed by atoms with Gasteiger partial charge >= 0.3 is 11.8 Å². The number of alkyl halides is 3. The van der Waals surface area contributed by atoms with E-state index < -0.39 is 24.0 Å². The van der Waals surface area contributed by atoms with Crippen molar-refractivity contribution < 1.29 is 37.0 Å². The lowest BCUT2D eigenvalue weighted by Gasteiger charge is -2.10. The highest BCUT2D eigenvalue weighted by Gasteiger charge is 2.26. The summed E-state index contributed by atoms with van der Waals surface area (Å²) in [6.07, 6.45) is 0.936. The predicted octanol–water partition coefficient (Wildman–Crippen LogP) is 6.92. The molecule has 0 saturated heterocycles. The van der Waals surface area contributed by atoms with Crippen LogP contribution in [0.4, 0.5) is 13.2 Å². The van der Waals surface area contributed by atoms with Crippen molar-refractivity contribution in [1.29, 1.82) is 0 Å². The third-order valence-electron chi connectivity index (χ3n) is 4.63. The van der Waals surface area contributed by atoms with E-state index >= 15 is 0 Å². The molecule has 2 rings (SSSR count). The normalized spacial score (nSPS) is 11.1. The van der Waals surface area contributed by atoms with Gasteiger partial charge in [0.25, 0.3) is 6.47 Å². The van der Waals surface area contributed by atoms with Crippen LogP contribution in [0.25, 0.3) is 0 Å². The Morgan fingerprint density at radius 3 is 2.32 bits per heavy atom. The molecule has 0 amide bonds. The molecule has 1 atom stereocenters. The first-order valence-corrected chi connectivity index (χ1v) is 13.0. The van der Waals surface area contributed by atoms with Gasteiger partial charge in [-0.05, 0) is 44.5 Å². The summed E-state index contributed by atoms with van der Waals surface area (Å²) >= 11 is 1.43. The van der Waals surface area contributed by atoms with Crippen molar-refractivity contribution in [3.8, 4) is 5.75 Å². The number of thiophene rings is 1. The Bertz CT molecular complexity index is 1010. The summed E-state index contributed by atoms with van der Waals surface area (Å²) in [4.78, 5) is 34.1. The molecule has 38 heavy (non-hydrogen) atoms. The Balaban J connectivity index is 0. The van der Waals surface area contributed by atoms with Gasteiger partial charge in [-0.1, -0.05) is 33.8 Å². The number of ketones is 1. The molecule has 0 radical (unpaired) electrons. The number of Topliss-reactive ketones (excluding diaryl/α,β-unsaturated/α-hetero) is 1. The SMILES string of the molecule is CC.CCC(=O)c1c(O)cc(C(C)CC/C=C/NC)oc1=O.COC=O.Cc1ccc(CCC(F)(F)F)s1. The fraction of sp³-hybridized carbons (Fsp3) is 0.519. The Morgan fingerprint density at radius 2 is 1.89 bits per heavy atom. The van der Waals surface area contributed by atoms with E-state index in [4.69, 9.17) is 9.21 Å². The van der Waals surface area contributed by atoms with E-state index in [2.05, 4.69) is 10.1 Å². The van der Waals surface area contributed by atoms with Crippen LogP contribution in [0, 0.1) is 6.92 Å². The van der Waals surface area contributed by atoms with E-state index in [1.165, 1.54) is 24.5 Å². The lowest BCUT2D eigenvalue weighted by Crippen LogP contribution is -2.15. The first-order chi connectivity index (χ1) is 17.9. The van der Waals surface area contributed by atoms with Crippen LogP contribution in [-0.2, 0) is 16.0 Å². The smallest absolute Gasteiger partial charge is 0.389 e. The number of rotatable bonds is 10. The molecule has 2 heterocycles. The Kier molecular flexibility index (Phi) is 20.4. The largest absolute Gasteiger partial charge is 0.507 e. The molecule has 2 aromatic heterocycles. The van der Waals surface area contributed by atoms with Gasteiger partial charge in [0.1, 0.15) is 17.1 Å². The summed E-state index contributed by atoms with van der Waals surface area (Å²) in [6.45, 7) is 9.81. The van der Waals surface area contributed by atoms with E-state index in [-0.39, 0.29) is 30.1 Å². The second kappa shape index (κ2) is 20.9. The molecule has 0 saturated carbocycles. The lowest BCUT2D eigenvalue weighted by molar-refractivity contribution is -0.133. The molecule has 2 aromatic rings. The molecule has 0 aliphatic carbocycles. The highest BCUT2D eigenvalue weighted by Crippen LogP contribution is 2.26. The predicted molar refractivity (Wildman–Crippen MR) is 145 cm³/mol. The van der Waals surface area contributed by atoms with Crippen molar-refractivity contribution in [2.24, 2.45) is 0 Å². The highest BCUT2D eigenvalue weighted by atomic mass is 32.1. The van der Waals surface area contributed by atoms with E-state index in [0.717, 1.165) is 22.6 Å². The molecular formula is C27H40F3NO6S. The van der Waals surface area contributed by atoms with Crippen LogP contribution < -0.4 is 10.9 Å². The van der Waals surface area contributed by atoms with Crippen molar-refractivity contribution in [1.82, 2.24) is 5.32 Å². The Hall–Kier alpha value is -3.08. The zero-order valence-electron chi connectivity index (χ0n) is 23.1. The standard InChI is InChI=1S/C15H21NO4.C8H9F3S.C2H4O2.C2H6/c1-4-11(17)14-12(18)9-13(20-15(14)19)10(2)7-5-6-8-16-3;1-6-2-3-7(12-6)4-5-8(9,10)11;1-4-2-3;1-2/h6,8-10,16,18H,4-5,7H2,1-3H3;2-3H,4-5H2,1H3;2H,1H3;1-2H3/b8-6+;;;. The van der Waals surface area contributed by atoms with E-state index in [1.807, 2.05) is 53.1 Å². The number of carbonyl (C=O) groups excluding carboxylic acids is 2. The lowest BCUT2D eigenvalue weighted by atomic mass is 10.0. The monoisotopic (exact) mass is 563 g/mol. The van der Waals surface area contributed by atoms with E-state index in [0.29, 0.717) is 12.2 Å².